The lowest BCUT2D eigenvalue weighted by Gasteiger charge is -2.34. The zero-order valence-electron chi connectivity index (χ0n) is 18.5. The van der Waals surface area contributed by atoms with Crippen LogP contribution in [0.3, 0.4) is 0 Å². The molecular formula is C22H43N5O. The molecule has 0 aliphatic carbocycles. The summed E-state index contributed by atoms with van der Waals surface area (Å²) in [6.07, 6.45) is 6.47. The maximum Gasteiger partial charge on any atom is 0.194 e. The van der Waals surface area contributed by atoms with Crippen molar-refractivity contribution >= 4 is 5.96 Å². The first kappa shape index (κ1) is 21.8. The quantitative estimate of drug-likeness (QED) is 0.506. The van der Waals surface area contributed by atoms with Crippen molar-refractivity contribution in [1.29, 1.82) is 0 Å². The molecule has 28 heavy (non-hydrogen) atoms. The Morgan fingerprint density at radius 3 is 2.39 bits per heavy atom. The van der Waals surface area contributed by atoms with Gasteiger partial charge in [0.1, 0.15) is 0 Å². The molecule has 3 aliphatic rings. The number of likely N-dealkylation sites (tertiary alicyclic amines) is 2. The van der Waals surface area contributed by atoms with Crippen molar-refractivity contribution in [1.82, 2.24) is 20.0 Å². The molecule has 0 bridgehead atoms. The van der Waals surface area contributed by atoms with Gasteiger partial charge in [-0.1, -0.05) is 26.7 Å². The number of rotatable bonds is 8. The highest BCUT2D eigenvalue weighted by Crippen LogP contribution is 2.24. The van der Waals surface area contributed by atoms with Crippen molar-refractivity contribution in [3.05, 3.63) is 0 Å². The Hall–Kier alpha value is -0.850. The minimum atomic E-state index is 0.601. The van der Waals surface area contributed by atoms with Gasteiger partial charge in [0.2, 0.25) is 0 Å². The molecule has 3 saturated heterocycles. The van der Waals surface area contributed by atoms with Crippen LogP contribution in [-0.4, -0.2) is 98.3 Å². The lowest BCUT2D eigenvalue weighted by atomic mass is 9.93. The predicted molar refractivity (Wildman–Crippen MR) is 117 cm³/mol. The number of nitrogens with one attached hydrogen (secondary N) is 1. The van der Waals surface area contributed by atoms with Gasteiger partial charge < -0.3 is 15.0 Å². The second-order valence-corrected chi connectivity index (χ2v) is 8.62. The molecule has 162 valence electrons. The number of ether oxygens (including phenoxy) is 1. The van der Waals surface area contributed by atoms with E-state index in [9.17, 15) is 0 Å². The van der Waals surface area contributed by atoms with E-state index in [1.54, 1.807) is 0 Å². The molecule has 2 unspecified atom stereocenters. The Bertz CT molecular complexity index is 468. The van der Waals surface area contributed by atoms with Crippen LogP contribution in [0.1, 0.15) is 52.9 Å². The Morgan fingerprint density at radius 2 is 1.75 bits per heavy atom. The van der Waals surface area contributed by atoms with Crippen molar-refractivity contribution in [2.45, 2.75) is 65.0 Å². The molecular weight excluding hydrogens is 350 g/mol. The van der Waals surface area contributed by atoms with E-state index in [4.69, 9.17) is 9.73 Å². The monoisotopic (exact) mass is 393 g/mol. The SMILES string of the molecule is CCNC(=NCC(C(CC)CC)N1CCCC1)N1CCC(N2CCOCC2)C1. The van der Waals surface area contributed by atoms with Crippen LogP contribution in [0.4, 0.5) is 0 Å². The van der Waals surface area contributed by atoms with Gasteiger partial charge >= 0.3 is 0 Å². The highest BCUT2D eigenvalue weighted by Gasteiger charge is 2.31. The Balaban J connectivity index is 1.63. The molecule has 0 aromatic heterocycles. The topological polar surface area (TPSA) is 43.3 Å². The van der Waals surface area contributed by atoms with Gasteiger partial charge in [-0.05, 0) is 45.2 Å². The first-order chi connectivity index (χ1) is 13.8. The fourth-order valence-electron chi connectivity index (χ4n) is 5.25. The molecule has 0 aromatic rings. The summed E-state index contributed by atoms with van der Waals surface area (Å²) in [4.78, 5) is 13.0. The van der Waals surface area contributed by atoms with E-state index in [2.05, 4.69) is 40.8 Å². The summed E-state index contributed by atoms with van der Waals surface area (Å²) in [6.45, 7) is 17.4. The van der Waals surface area contributed by atoms with Gasteiger partial charge in [0, 0.05) is 44.8 Å². The van der Waals surface area contributed by atoms with E-state index in [1.165, 1.54) is 45.2 Å². The lowest BCUT2D eigenvalue weighted by molar-refractivity contribution is 0.0195. The van der Waals surface area contributed by atoms with Crippen LogP contribution >= 0.6 is 0 Å². The summed E-state index contributed by atoms with van der Waals surface area (Å²) < 4.78 is 5.53. The van der Waals surface area contributed by atoms with Gasteiger partial charge in [0.15, 0.2) is 5.96 Å². The van der Waals surface area contributed by atoms with Crippen LogP contribution in [0.5, 0.6) is 0 Å². The third-order valence-electron chi connectivity index (χ3n) is 6.99. The molecule has 3 heterocycles. The largest absolute Gasteiger partial charge is 0.379 e. The molecule has 6 nitrogen and oxygen atoms in total. The highest BCUT2D eigenvalue weighted by molar-refractivity contribution is 5.80. The first-order valence-electron chi connectivity index (χ1n) is 11.9. The van der Waals surface area contributed by atoms with Crippen LogP contribution in [0.25, 0.3) is 0 Å². The van der Waals surface area contributed by atoms with Crippen LogP contribution in [-0.2, 0) is 4.74 Å². The molecule has 0 radical (unpaired) electrons. The lowest BCUT2D eigenvalue weighted by Crippen LogP contribution is -2.47. The Morgan fingerprint density at radius 1 is 1.04 bits per heavy atom. The summed E-state index contributed by atoms with van der Waals surface area (Å²) in [5.41, 5.74) is 0. The normalized spacial score (nSPS) is 26.4. The minimum Gasteiger partial charge on any atom is -0.379 e. The van der Waals surface area contributed by atoms with Crippen LogP contribution in [0, 0.1) is 5.92 Å². The molecule has 0 aromatic carbocycles. The van der Waals surface area contributed by atoms with E-state index >= 15 is 0 Å². The molecule has 0 spiro atoms. The smallest absolute Gasteiger partial charge is 0.194 e. The molecule has 0 saturated carbocycles. The third-order valence-corrected chi connectivity index (χ3v) is 6.99. The molecule has 6 heteroatoms. The number of nitrogens with zero attached hydrogens (tertiary/aromatic N) is 4. The number of aliphatic imine (C=N–C) groups is 1. The van der Waals surface area contributed by atoms with Crippen molar-refractivity contribution < 1.29 is 4.74 Å². The van der Waals surface area contributed by atoms with Gasteiger partial charge in [0.25, 0.3) is 0 Å². The van der Waals surface area contributed by atoms with Crippen LogP contribution < -0.4 is 5.32 Å². The summed E-state index contributed by atoms with van der Waals surface area (Å²) in [6, 6.07) is 1.25. The zero-order chi connectivity index (χ0) is 19.8. The van der Waals surface area contributed by atoms with E-state index < -0.39 is 0 Å². The third kappa shape index (κ3) is 5.61. The van der Waals surface area contributed by atoms with Crippen molar-refractivity contribution in [2.75, 3.05) is 65.6 Å². The Labute approximate surface area is 172 Å². The molecule has 3 fully saturated rings. The number of hydrogen-bond donors (Lipinski definition) is 1. The van der Waals surface area contributed by atoms with Gasteiger partial charge in [0.05, 0.1) is 19.8 Å². The predicted octanol–water partition coefficient (Wildman–Crippen LogP) is 2.26. The van der Waals surface area contributed by atoms with E-state index in [1.807, 2.05) is 0 Å². The summed E-state index contributed by atoms with van der Waals surface area (Å²) in [5, 5.41) is 3.58. The number of morpholine rings is 1. The van der Waals surface area contributed by atoms with E-state index in [0.29, 0.717) is 12.1 Å². The van der Waals surface area contributed by atoms with Gasteiger partial charge in [-0.3, -0.25) is 14.8 Å². The number of guanidine groups is 1. The standard InChI is InChI=1S/C22H43N5O/c1-4-19(5-2)21(26-10-7-8-11-26)17-24-22(23-6-3)27-12-9-20(18-27)25-13-15-28-16-14-25/h19-21H,4-18H2,1-3H3,(H,23,24). The molecule has 0 amide bonds. The fraction of sp³-hybridized carbons (Fsp3) is 0.955. The molecule has 3 aliphatic heterocycles. The van der Waals surface area contributed by atoms with Crippen molar-refractivity contribution in [3.8, 4) is 0 Å². The maximum atomic E-state index is 5.53. The van der Waals surface area contributed by atoms with Crippen LogP contribution in [0.15, 0.2) is 4.99 Å². The van der Waals surface area contributed by atoms with Gasteiger partial charge in [-0.25, -0.2) is 0 Å². The van der Waals surface area contributed by atoms with E-state index in [-0.39, 0.29) is 0 Å². The highest BCUT2D eigenvalue weighted by atomic mass is 16.5. The summed E-state index contributed by atoms with van der Waals surface area (Å²) in [7, 11) is 0. The Kier molecular flexibility index (Phi) is 8.87. The summed E-state index contributed by atoms with van der Waals surface area (Å²) in [5.74, 6) is 1.89. The van der Waals surface area contributed by atoms with E-state index in [0.717, 1.165) is 64.4 Å². The minimum absolute atomic E-state index is 0.601. The first-order valence-corrected chi connectivity index (χ1v) is 11.9. The average molecular weight is 394 g/mol. The fourth-order valence-corrected chi connectivity index (χ4v) is 5.25. The average Bonchev–Trinajstić information content (AvgIpc) is 3.43. The van der Waals surface area contributed by atoms with Gasteiger partial charge in [-0.15, -0.1) is 0 Å². The molecule has 3 rings (SSSR count). The van der Waals surface area contributed by atoms with Crippen LogP contribution in [0.2, 0.25) is 0 Å². The van der Waals surface area contributed by atoms with Crippen molar-refractivity contribution in [3.63, 3.8) is 0 Å². The zero-order valence-corrected chi connectivity index (χ0v) is 18.5. The maximum absolute atomic E-state index is 5.53. The van der Waals surface area contributed by atoms with Crippen molar-refractivity contribution in [2.24, 2.45) is 10.9 Å². The molecule has 1 N–H and O–H groups in total. The second-order valence-electron chi connectivity index (χ2n) is 8.62. The van der Waals surface area contributed by atoms with Gasteiger partial charge in [-0.2, -0.15) is 0 Å². The molecule has 2 atom stereocenters. The second kappa shape index (κ2) is 11.4. The number of hydrogen-bond acceptors (Lipinski definition) is 4. The summed E-state index contributed by atoms with van der Waals surface area (Å²) >= 11 is 0.